The third kappa shape index (κ3) is 4.87. The van der Waals surface area contributed by atoms with Crippen LogP contribution in [0, 0.1) is 6.92 Å². The topological polar surface area (TPSA) is 75.9 Å². The summed E-state index contributed by atoms with van der Waals surface area (Å²) in [5.74, 6) is 2.44. The first-order chi connectivity index (χ1) is 8.32. The molecule has 1 aromatic rings. The van der Waals surface area contributed by atoms with Gasteiger partial charge in [-0.05, 0) is 47.6 Å². The van der Waals surface area contributed by atoms with Gasteiger partial charge in [0.25, 0.3) is 0 Å². The van der Waals surface area contributed by atoms with Crippen LogP contribution in [0.2, 0.25) is 0 Å². The lowest BCUT2D eigenvalue weighted by atomic mass is 10.0. The molecule has 1 aromatic heterocycles. The summed E-state index contributed by atoms with van der Waals surface area (Å²) in [6.07, 6.45) is 0.892. The van der Waals surface area contributed by atoms with Crippen LogP contribution in [-0.4, -0.2) is 28.1 Å². The smallest absolute Gasteiger partial charge is 0.132 e. The molecule has 0 saturated carbocycles. The summed E-state index contributed by atoms with van der Waals surface area (Å²) < 4.78 is 0. The van der Waals surface area contributed by atoms with Gasteiger partial charge in [0, 0.05) is 17.6 Å². The highest BCUT2D eigenvalue weighted by atomic mass is 15.1. The number of nitrogens with two attached hydrogens (primary N) is 1. The Kier molecular flexibility index (Phi) is 4.90. The lowest BCUT2D eigenvalue weighted by Gasteiger charge is -2.26. The molecule has 0 amide bonds. The summed E-state index contributed by atoms with van der Waals surface area (Å²) in [6.45, 7) is 11.0. The zero-order valence-electron chi connectivity index (χ0n) is 12.0. The van der Waals surface area contributed by atoms with Crippen molar-refractivity contribution in [2.45, 2.75) is 52.6 Å². The van der Waals surface area contributed by atoms with Gasteiger partial charge in [0.2, 0.25) is 0 Å². The molecular formula is C13H25N5. The first-order valence-corrected chi connectivity index (χ1v) is 6.43. The molecule has 5 nitrogen and oxygen atoms in total. The molecule has 18 heavy (non-hydrogen) atoms. The summed E-state index contributed by atoms with van der Waals surface area (Å²) >= 11 is 0. The maximum Gasteiger partial charge on any atom is 0.132 e. The van der Waals surface area contributed by atoms with Crippen LogP contribution in [0.5, 0.6) is 0 Å². The second kappa shape index (κ2) is 6.00. The van der Waals surface area contributed by atoms with E-state index in [4.69, 9.17) is 5.73 Å². The van der Waals surface area contributed by atoms with Gasteiger partial charge in [0.05, 0.1) is 0 Å². The minimum atomic E-state index is -0.0648. The van der Waals surface area contributed by atoms with E-state index in [0.29, 0.717) is 12.6 Å². The molecule has 1 rings (SSSR count). The van der Waals surface area contributed by atoms with Crippen molar-refractivity contribution < 1.29 is 0 Å². The molecule has 0 fully saturated rings. The van der Waals surface area contributed by atoms with Gasteiger partial charge in [-0.15, -0.1) is 0 Å². The van der Waals surface area contributed by atoms with Crippen LogP contribution in [0.15, 0.2) is 6.07 Å². The van der Waals surface area contributed by atoms with Crippen LogP contribution in [0.25, 0.3) is 0 Å². The average Bonchev–Trinajstić information content (AvgIpc) is 2.13. The Hall–Kier alpha value is -1.36. The van der Waals surface area contributed by atoms with Crippen molar-refractivity contribution >= 4 is 11.6 Å². The summed E-state index contributed by atoms with van der Waals surface area (Å²) in [7, 11) is 0. The van der Waals surface area contributed by atoms with E-state index < -0.39 is 0 Å². The molecule has 0 aliphatic carbocycles. The molecule has 0 unspecified atom stereocenters. The molecule has 1 heterocycles. The molecule has 0 radical (unpaired) electrons. The lowest BCUT2D eigenvalue weighted by Crippen LogP contribution is -2.34. The van der Waals surface area contributed by atoms with Crippen LogP contribution >= 0.6 is 0 Å². The molecule has 0 saturated heterocycles. The Morgan fingerprint density at radius 2 is 1.89 bits per heavy atom. The molecule has 0 aromatic carbocycles. The highest BCUT2D eigenvalue weighted by molar-refractivity contribution is 5.49. The predicted octanol–water partition coefficient (Wildman–Crippen LogP) is 2.14. The molecule has 0 aliphatic rings. The van der Waals surface area contributed by atoms with Crippen molar-refractivity contribution in [3.8, 4) is 0 Å². The van der Waals surface area contributed by atoms with E-state index >= 15 is 0 Å². The van der Waals surface area contributed by atoms with Gasteiger partial charge >= 0.3 is 0 Å². The second-order valence-corrected chi connectivity index (χ2v) is 5.53. The first kappa shape index (κ1) is 14.7. The average molecular weight is 251 g/mol. The Morgan fingerprint density at radius 1 is 1.28 bits per heavy atom. The minimum absolute atomic E-state index is 0.0648. The normalized spacial score (nSPS) is 11.7. The number of rotatable bonds is 6. The van der Waals surface area contributed by atoms with E-state index in [-0.39, 0.29) is 5.54 Å². The largest absolute Gasteiger partial charge is 0.368 e. The van der Waals surface area contributed by atoms with Crippen molar-refractivity contribution in [2.24, 2.45) is 5.73 Å². The fourth-order valence-electron chi connectivity index (χ4n) is 1.77. The minimum Gasteiger partial charge on any atom is -0.368 e. The van der Waals surface area contributed by atoms with Gasteiger partial charge in [-0.3, -0.25) is 0 Å². The third-order valence-corrected chi connectivity index (χ3v) is 2.51. The van der Waals surface area contributed by atoms with E-state index in [1.807, 2.05) is 13.0 Å². The molecule has 5 heteroatoms. The van der Waals surface area contributed by atoms with E-state index in [9.17, 15) is 0 Å². The molecular weight excluding hydrogens is 226 g/mol. The standard InChI is InChI=1S/C13H25N5/c1-9(2)15-11-8-12(17-10(3)16-11)18-13(4,5)6-7-14/h8-9H,6-7,14H2,1-5H3,(H2,15,16,17,18). The lowest BCUT2D eigenvalue weighted by molar-refractivity contribution is 0.524. The van der Waals surface area contributed by atoms with Crippen molar-refractivity contribution in [1.29, 1.82) is 0 Å². The van der Waals surface area contributed by atoms with Gasteiger partial charge in [-0.1, -0.05) is 0 Å². The maximum atomic E-state index is 5.61. The number of nitrogens with zero attached hydrogens (tertiary/aromatic N) is 2. The van der Waals surface area contributed by atoms with Gasteiger partial charge in [-0.25, -0.2) is 9.97 Å². The summed E-state index contributed by atoms with van der Waals surface area (Å²) in [6, 6.07) is 2.29. The van der Waals surface area contributed by atoms with Crippen LogP contribution < -0.4 is 16.4 Å². The molecule has 4 N–H and O–H groups in total. The summed E-state index contributed by atoms with van der Waals surface area (Å²) in [5.41, 5.74) is 5.54. The number of hydrogen-bond donors (Lipinski definition) is 3. The molecule has 102 valence electrons. The van der Waals surface area contributed by atoms with Crippen molar-refractivity contribution in [3.05, 3.63) is 11.9 Å². The Bertz CT molecular complexity index is 387. The fourth-order valence-corrected chi connectivity index (χ4v) is 1.77. The van der Waals surface area contributed by atoms with E-state index in [1.54, 1.807) is 0 Å². The monoisotopic (exact) mass is 251 g/mol. The molecule has 0 bridgehead atoms. The van der Waals surface area contributed by atoms with E-state index in [0.717, 1.165) is 23.9 Å². The van der Waals surface area contributed by atoms with Gasteiger partial charge < -0.3 is 16.4 Å². The zero-order chi connectivity index (χ0) is 13.8. The quantitative estimate of drug-likeness (QED) is 0.722. The van der Waals surface area contributed by atoms with Crippen molar-refractivity contribution in [2.75, 3.05) is 17.2 Å². The maximum absolute atomic E-state index is 5.61. The van der Waals surface area contributed by atoms with E-state index in [1.165, 1.54) is 0 Å². The Morgan fingerprint density at radius 3 is 2.44 bits per heavy atom. The number of aromatic nitrogens is 2. The van der Waals surface area contributed by atoms with E-state index in [2.05, 4.69) is 48.3 Å². The van der Waals surface area contributed by atoms with Gasteiger partial charge in [0.1, 0.15) is 17.5 Å². The molecule has 0 atom stereocenters. The fraction of sp³-hybridized carbons (Fsp3) is 0.692. The third-order valence-electron chi connectivity index (χ3n) is 2.51. The SMILES string of the molecule is Cc1nc(NC(C)C)cc(NC(C)(C)CCN)n1. The first-order valence-electron chi connectivity index (χ1n) is 6.43. The van der Waals surface area contributed by atoms with Crippen LogP contribution in [-0.2, 0) is 0 Å². The number of anilines is 2. The number of aryl methyl sites for hydroxylation is 1. The Balaban J connectivity index is 2.85. The molecule has 0 spiro atoms. The van der Waals surface area contributed by atoms with Crippen molar-refractivity contribution in [1.82, 2.24) is 9.97 Å². The zero-order valence-corrected chi connectivity index (χ0v) is 12.0. The molecule has 0 aliphatic heterocycles. The van der Waals surface area contributed by atoms with Crippen LogP contribution in [0.4, 0.5) is 11.6 Å². The Labute approximate surface area is 110 Å². The highest BCUT2D eigenvalue weighted by Gasteiger charge is 2.17. The number of hydrogen-bond acceptors (Lipinski definition) is 5. The van der Waals surface area contributed by atoms with Gasteiger partial charge in [0.15, 0.2) is 0 Å². The van der Waals surface area contributed by atoms with Crippen LogP contribution in [0.1, 0.15) is 39.9 Å². The van der Waals surface area contributed by atoms with Gasteiger partial charge in [-0.2, -0.15) is 0 Å². The highest BCUT2D eigenvalue weighted by Crippen LogP contribution is 2.18. The second-order valence-electron chi connectivity index (χ2n) is 5.53. The van der Waals surface area contributed by atoms with Crippen molar-refractivity contribution in [3.63, 3.8) is 0 Å². The number of nitrogens with one attached hydrogen (secondary N) is 2. The summed E-state index contributed by atoms with van der Waals surface area (Å²) in [5, 5.41) is 6.69. The van der Waals surface area contributed by atoms with Crippen LogP contribution in [0.3, 0.4) is 0 Å². The predicted molar refractivity (Wildman–Crippen MR) is 76.9 cm³/mol. The summed E-state index contributed by atoms with van der Waals surface area (Å²) in [4.78, 5) is 8.77.